The van der Waals surface area contributed by atoms with Gasteiger partial charge in [-0.2, -0.15) is 0 Å². The molecule has 0 aliphatic heterocycles. The Bertz CT molecular complexity index is 1230. The van der Waals surface area contributed by atoms with E-state index in [-0.39, 0.29) is 32.7 Å². The van der Waals surface area contributed by atoms with Crippen LogP contribution < -0.4 is 4.74 Å². The largest absolute Gasteiger partial charge is 0.507 e. The third-order valence-corrected chi connectivity index (χ3v) is 5.24. The average Bonchev–Trinajstić information content (AvgIpc) is 2.80. The molecule has 1 N–H and O–H groups in total. The first-order chi connectivity index (χ1) is 15.4. The molecule has 5 nitrogen and oxygen atoms in total. The van der Waals surface area contributed by atoms with Crippen molar-refractivity contribution in [1.82, 2.24) is 15.0 Å². The Morgan fingerprint density at radius 3 is 2.39 bits per heavy atom. The van der Waals surface area contributed by atoms with E-state index < -0.39 is 0 Å². The van der Waals surface area contributed by atoms with Gasteiger partial charge in [-0.15, -0.1) is 23.8 Å². The minimum Gasteiger partial charge on any atom is -0.507 e. The SMILES string of the molecule is CC(C)c1cc(-c2ccnc(-c3[c-]c(Oc4ccccn4)ccc3)n2)c(O)c(C(C)C)c1.[Pt]. The Labute approximate surface area is 209 Å². The number of hydrogen-bond acceptors (Lipinski definition) is 5. The van der Waals surface area contributed by atoms with Gasteiger partial charge in [0.15, 0.2) is 0 Å². The predicted octanol–water partition coefficient (Wildman–Crippen LogP) is 6.75. The summed E-state index contributed by atoms with van der Waals surface area (Å²) in [5.41, 5.74) is 4.16. The Hall–Kier alpha value is -3.04. The normalized spacial score (nSPS) is 10.8. The third-order valence-electron chi connectivity index (χ3n) is 5.24. The smallest absolute Gasteiger partial charge is 0.217 e. The average molecular weight is 620 g/mol. The van der Waals surface area contributed by atoms with Crippen LogP contribution in [0.15, 0.2) is 67.0 Å². The third kappa shape index (κ3) is 5.66. The van der Waals surface area contributed by atoms with Gasteiger partial charge in [0.25, 0.3) is 0 Å². The molecule has 4 aromatic rings. The van der Waals surface area contributed by atoms with Crippen LogP contribution in [0.1, 0.15) is 50.7 Å². The second-order valence-electron chi connectivity index (χ2n) is 8.28. The molecule has 2 aromatic carbocycles. The number of aromatic hydroxyl groups is 1. The van der Waals surface area contributed by atoms with Crippen LogP contribution in [0.25, 0.3) is 22.6 Å². The van der Waals surface area contributed by atoms with E-state index in [4.69, 9.17) is 9.72 Å². The van der Waals surface area contributed by atoms with Gasteiger partial charge in [0.05, 0.1) is 11.5 Å². The van der Waals surface area contributed by atoms with Crippen molar-refractivity contribution in [1.29, 1.82) is 0 Å². The maximum Gasteiger partial charge on any atom is 0.217 e. The number of rotatable bonds is 6. The van der Waals surface area contributed by atoms with Gasteiger partial charge in [-0.3, -0.25) is 9.97 Å². The first-order valence-corrected chi connectivity index (χ1v) is 10.7. The van der Waals surface area contributed by atoms with Crippen molar-refractivity contribution in [2.75, 3.05) is 0 Å². The number of benzene rings is 2. The molecule has 0 bridgehead atoms. The summed E-state index contributed by atoms with van der Waals surface area (Å²) in [4.78, 5) is 13.4. The van der Waals surface area contributed by atoms with Crippen molar-refractivity contribution in [3.63, 3.8) is 0 Å². The minimum atomic E-state index is 0. The van der Waals surface area contributed by atoms with Gasteiger partial charge in [-0.25, -0.2) is 4.98 Å². The number of pyridine rings is 1. The summed E-state index contributed by atoms with van der Waals surface area (Å²) in [5, 5.41) is 11.0. The fourth-order valence-electron chi connectivity index (χ4n) is 3.45. The van der Waals surface area contributed by atoms with Crippen LogP contribution in [0, 0.1) is 6.07 Å². The van der Waals surface area contributed by atoms with Crippen molar-refractivity contribution in [2.45, 2.75) is 39.5 Å². The molecule has 2 aromatic heterocycles. The molecule has 0 unspecified atom stereocenters. The van der Waals surface area contributed by atoms with Crippen LogP contribution in [0.2, 0.25) is 0 Å². The number of nitrogens with zero attached hydrogens (tertiary/aromatic N) is 3. The minimum absolute atomic E-state index is 0. The molecule has 0 amide bonds. The molecular weight excluding hydrogens is 593 g/mol. The predicted molar refractivity (Wildman–Crippen MR) is 126 cm³/mol. The number of ether oxygens (including phenoxy) is 1. The Morgan fingerprint density at radius 2 is 1.70 bits per heavy atom. The summed E-state index contributed by atoms with van der Waals surface area (Å²) < 4.78 is 5.80. The molecule has 0 radical (unpaired) electrons. The summed E-state index contributed by atoms with van der Waals surface area (Å²) in [7, 11) is 0. The van der Waals surface area contributed by atoms with E-state index in [1.807, 2.05) is 42.5 Å². The molecule has 0 saturated heterocycles. The standard InChI is InChI=1S/C27H26N3O2.Pt/c1-17(2)20-15-22(18(3)4)26(31)23(16-20)24-11-13-29-27(30-24)19-8-7-9-21(14-19)32-25-10-5-6-12-28-25;/h5-13,15-18,31H,1-4H3;/q-1;. The van der Waals surface area contributed by atoms with Gasteiger partial charge in [-0.05, 0) is 41.2 Å². The Kier molecular flexibility index (Phi) is 7.99. The number of phenols is 1. The van der Waals surface area contributed by atoms with E-state index in [1.165, 1.54) is 5.56 Å². The first kappa shape index (κ1) is 24.6. The second-order valence-corrected chi connectivity index (χ2v) is 8.28. The molecule has 0 saturated carbocycles. The van der Waals surface area contributed by atoms with Crippen LogP contribution in [0.5, 0.6) is 17.4 Å². The summed E-state index contributed by atoms with van der Waals surface area (Å²) in [5.74, 6) is 2.33. The van der Waals surface area contributed by atoms with Crippen molar-refractivity contribution in [2.24, 2.45) is 0 Å². The van der Waals surface area contributed by atoms with Gasteiger partial charge in [-0.1, -0.05) is 45.9 Å². The van der Waals surface area contributed by atoms with E-state index in [9.17, 15) is 5.11 Å². The second kappa shape index (κ2) is 10.7. The van der Waals surface area contributed by atoms with Crippen molar-refractivity contribution < 1.29 is 30.9 Å². The van der Waals surface area contributed by atoms with Gasteiger partial charge in [0.1, 0.15) is 5.75 Å². The molecule has 0 fully saturated rings. The zero-order chi connectivity index (χ0) is 22.7. The Morgan fingerprint density at radius 1 is 0.879 bits per heavy atom. The number of aromatic nitrogens is 3. The van der Waals surface area contributed by atoms with Crippen LogP contribution in [-0.4, -0.2) is 20.1 Å². The summed E-state index contributed by atoms with van der Waals surface area (Å²) in [6.45, 7) is 8.45. The maximum absolute atomic E-state index is 11.0. The maximum atomic E-state index is 11.0. The molecule has 0 aliphatic rings. The zero-order valence-electron chi connectivity index (χ0n) is 19.0. The van der Waals surface area contributed by atoms with E-state index >= 15 is 0 Å². The fourth-order valence-corrected chi connectivity index (χ4v) is 3.45. The molecule has 4 rings (SSSR count). The van der Waals surface area contributed by atoms with Gasteiger partial charge in [0.2, 0.25) is 5.88 Å². The van der Waals surface area contributed by atoms with E-state index in [1.54, 1.807) is 18.5 Å². The first-order valence-electron chi connectivity index (χ1n) is 10.7. The topological polar surface area (TPSA) is 68.1 Å². The van der Waals surface area contributed by atoms with E-state index in [0.29, 0.717) is 40.2 Å². The summed E-state index contributed by atoms with van der Waals surface area (Å²) >= 11 is 0. The number of phenolic OH excluding ortho intramolecular Hbond substituents is 1. The zero-order valence-corrected chi connectivity index (χ0v) is 21.3. The Balaban J connectivity index is 0.00000306. The van der Waals surface area contributed by atoms with Crippen LogP contribution in [-0.2, 0) is 21.1 Å². The molecule has 172 valence electrons. The molecule has 0 aliphatic carbocycles. The van der Waals surface area contributed by atoms with Gasteiger partial charge < -0.3 is 9.84 Å². The molecule has 2 heterocycles. The summed E-state index contributed by atoms with van der Waals surface area (Å²) in [6.07, 6.45) is 3.38. The van der Waals surface area contributed by atoms with Crippen LogP contribution in [0.3, 0.4) is 0 Å². The molecular formula is C27H26N3O2Pt-. The van der Waals surface area contributed by atoms with Crippen molar-refractivity contribution in [3.05, 3.63) is 84.2 Å². The molecule has 33 heavy (non-hydrogen) atoms. The van der Waals surface area contributed by atoms with Crippen LogP contribution >= 0.6 is 0 Å². The molecule has 0 atom stereocenters. The molecule has 6 heteroatoms. The number of hydrogen-bond donors (Lipinski definition) is 1. The van der Waals surface area contributed by atoms with E-state index in [2.05, 4.69) is 49.8 Å². The van der Waals surface area contributed by atoms with Gasteiger partial charge >= 0.3 is 0 Å². The monoisotopic (exact) mass is 619 g/mol. The quantitative estimate of drug-likeness (QED) is 0.242. The summed E-state index contributed by atoms with van der Waals surface area (Å²) in [6, 6.07) is 20.2. The fraction of sp³-hybridized carbons (Fsp3) is 0.222. The van der Waals surface area contributed by atoms with E-state index in [0.717, 1.165) is 5.56 Å². The molecule has 0 spiro atoms. The van der Waals surface area contributed by atoms with Crippen molar-refractivity contribution >= 4 is 0 Å². The van der Waals surface area contributed by atoms with Gasteiger partial charge in [0, 0.05) is 50.8 Å². The van der Waals surface area contributed by atoms with Crippen molar-refractivity contribution in [3.8, 4) is 40.0 Å². The van der Waals surface area contributed by atoms with Crippen LogP contribution in [0.4, 0.5) is 0 Å².